The summed E-state index contributed by atoms with van der Waals surface area (Å²) in [6.45, 7) is 1.94. The van der Waals surface area contributed by atoms with Gasteiger partial charge in [-0.25, -0.2) is 4.39 Å². The van der Waals surface area contributed by atoms with E-state index < -0.39 is 0 Å². The van der Waals surface area contributed by atoms with Crippen molar-refractivity contribution >= 4 is 12.4 Å². The third-order valence-corrected chi connectivity index (χ3v) is 3.09. The summed E-state index contributed by atoms with van der Waals surface area (Å²) >= 11 is 0. The highest BCUT2D eigenvalue weighted by atomic mass is 35.5. The minimum atomic E-state index is -0.344. The number of aliphatic hydroxyl groups is 1. The van der Waals surface area contributed by atoms with Gasteiger partial charge in [-0.05, 0) is 25.9 Å². The lowest BCUT2D eigenvalue weighted by Crippen LogP contribution is -2.32. The normalized spacial score (nSPS) is 16.3. The number of benzene rings is 1. The zero-order chi connectivity index (χ0) is 12.1. The van der Waals surface area contributed by atoms with Gasteiger partial charge in [0.05, 0.1) is 19.3 Å². The van der Waals surface area contributed by atoms with E-state index in [1.807, 2.05) is 0 Å². The van der Waals surface area contributed by atoms with Crippen molar-refractivity contribution in [1.29, 1.82) is 0 Å². The van der Waals surface area contributed by atoms with Crippen LogP contribution in [0, 0.1) is 5.82 Å². The van der Waals surface area contributed by atoms with Gasteiger partial charge >= 0.3 is 0 Å². The van der Waals surface area contributed by atoms with E-state index in [1.54, 1.807) is 18.2 Å². The quantitative estimate of drug-likeness (QED) is 0.883. The van der Waals surface area contributed by atoms with Gasteiger partial charge in [-0.2, -0.15) is 0 Å². The van der Waals surface area contributed by atoms with E-state index in [0.29, 0.717) is 11.1 Å². The average Bonchev–Trinajstić information content (AvgIpc) is 2.39. The molecule has 0 unspecified atom stereocenters. The summed E-state index contributed by atoms with van der Waals surface area (Å²) in [7, 11) is 0. The lowest BCUT2D eigenvalue weighted by atomic mass is 10.1. The van der Waals surface area contributed by atoms with E-state index in [4.69, 9.17) is 9.84 Å². The fraction of sp³-hybridized carbons (Fsp3) is 0.538. The molecule has 5 heteroatoms. The van der Waals surface area contributed by atoms with Gasteiger partial charge in [-0.1, -0.05) is 18.2 Å². The van der Waals surface area contributed by atoms with Crippen LogP contribution < -0.4 is 5.32 Å². The number of aliphatic hydroxyl groups excluding tert-OH is 1. The van der Waals surface area contributed by atoms with Crippen LogP contribution in [0.3, 0.4) is 0 Å². The first-order chi connectivity index (χ1) is 8.31. The van der Waals surface area contributed by atoms with Crippen molar-refractivity contribution < 1.29 is 14.2 Å². The number of hydrogen-bond donors (Lipinski definition) is 2. The molecule has 18 heavy (non-hydrogen) atoms. The molecule has 0 amide bonds. The van der Waals surface area contributed by atoms with Crippen molar-refractivity contribution in [3.8, 4) is 0 Å². The van der Waals surface area contributed by atoms with Crippen LogP contribution in [0.25, 0.3) is 0 Å². The Morgan fingerprint density at radius 2 is 1.94 bits per heavy atom. The molecule has 1 aromatic carbocycles. The molecule has 2 rings (SSSR count). The average molecular weight is 276 g/mol. The molecule has 0 saturated carbocycles. The minimum absolute atomic E-state index is 0. The number of nitrogens with one attached hydrogen (secondary N) is 1. The largest absolute Gasteiger partial charge is 0.392 e. The Balaban J connectivity index is 0.00000162. The van der Waals surface area contributed by atoms with Gasteiger partial charge in [0.2, 0.25) is 0 Å². The Morgan fingerprint density at radius 3 is 2.61 bits per heavy atom. The molecule has 2 N–H and O–H groups in total. The van der Waals surface area contributed by atoms with Gasteiger partial charge in [0, 0.05) is 11.1 Å². The van der Waals surface area contributed by atoms with Crippen molar-refractivity contribution in [2.75, 3.05) is 13.1 Å². The predicted octanol–water partition coefficient (Wildman–Crippen LogP) is 2.01. The zero-order valence-corrected chi connectivity index (χ0v) is 11.0. The van der Waals surface area contributed by atoms with Crippen LogP contribution in [-0.4, -0.2) is 24.3 Å². The number of halogens is 2. The SMILES string of the molecule is Cl.OCc1cccc(COC2CCNCC2)c1F. The molecule has 0 bridgehead atoms. The van der Waals surface area contributed by atoms with Gasteiger partial charge in [0.25, 0.3) is 0 Å². The van der Waals surface area contributed by atoms with Gasteiger partial charge in [0.1, 0.15) is 5.82 Å². The molecule has 1 aromatic rings. The topological polar surface area (TPSA) is 41.5 Å². The first-order valence-electron chi connectivity index (χ1n) is 6.00. The number of piperidine rings is 1. The van der Waals surface area contributed by atoms with Crippen molar-refractivity contribution in [2.24, 2.45) is 0 Å². The summed E-state index contributed by atoms with van der Waals surface area (Å²) in [5.74, 6) is -0.344. The highest BCUT2D eigenvalue weighted by molar-refractivity contribution is 5.85. The summed E-state index contributed by atoms with van der Waals surface area (Å²) in [6.07, 6.45) is 2.16. The molecule has 102 valence electrons. The Bertz CT molecular complexity index is 370. The molecule has 0 spiro atoms. The van der Waals surface area contributed by atoms with E-state index in [-0.39, 0.29) is 37.5 Å². The summed E-state index contributed by atoms with van der Waals surface area (Å²) < 4.78 is 19.5. The molecule has 1 fully saturated rings. The lowest BCUT2D eigenvalue weighted by Gasteiger charge is -2.23. The Kier molecular flexibility index (Phi) is 6.57. The molecule has 3 nitrogen and oxygen atoms in total. The van der Waals surface area contributed by atoms with Gasteiger partial charge in [0.15, 0.2) is 0 Å². The van der Waals surface area contributed by atoms with E-state index in [0.717, 1.165) is 25.9 Å². The summed E-state index contributed by atoms with van der Waals surface area (Å²) in [4.78, 5) is 0. The number of ether oxygens (including phenoxy) is 1. The number of rotatable bonds is 4. The van der Waals surface area contributed by atoms with Crippen molar-refractivity contribution in [3.05, 3.63) is 35.1 Å². The Hall–Kier alpha value is -0.680. The molecule has 0 aromatic heterocycles. The van der Waals surface area contributed by atoms with Gasteiger partial charge in [-0.15, -0.1) is 12.4 Å². The summed E-state index contributed by atoms with van der Waals surface area (Å²) in [5.41, 5.74) is 0.853. The fourth-order valence-corrected chi connectivity index (χ4v) is 2.04. The van der Waals surface area contributed by atoms with Crippen LogP contribution in [0.2, 0.25) is 0 Å². The zero-order valence-electron chi connectivity index (χ0n) is 10.2. The van der Waals surface area contributed by atoms with Crippen LogP contribution in [-0.2, 0) is 18.0 Å². The maximum Gasteiger partial charge on any atom is 0.134 e. The second-order valence-electron chi connectivity index (χ2n) is 4.31. The standard InChI is InChI=1S/C13H18FNO2.ClH/c14-13-10(8-16)2-1-3-11(13)9-17-12-4-6-15-7-5-12;/h1-3,12,15-16H,4-9H2;1H. The maximum absolute atomic E-state index is 13.8. The van der Waals surface area contributed by atoms with E-state index in [1.165, 1.54) is 0 Å². The van der Waals surface area contributed by atoms with Gasteiger partial charge < -0.3 is 15.2 Å². The van der Waals surface area contributed by atoms with Crippen LogP contribution in [0.1, 0.15) is 24.0 Å². The van der Waals surface area contributed by atoms with Crippen molar-refractivity contribution in [1.82, 2.24) is 5.32 Å². The second kappa shape index (κ2) is 7.69. The van der Waals surface area contributed by atoms with E-state index >= 15 is 0 Å². The summed E-state index contributed by atoms with van der Waals surface area (Å²) in [5, 5.41) is 12.2. The smallest absolute Gasteiger partial charge is 0.134 e. The number of hydrogen-bond acceptors (Lipinski definition) is 3. The molecule has 1 aliphatic rings. The molecule has 0 atom stereocenters. The van der Waals surface area contributed by atoms with Crippen LogP contribution >= 0.6 is 12.4 Å². The molecule has 0 aliphatic carbocycles. The van der Waals surface area contributed by atoms with Crippen LogP contribution in [0.5, 0.6) is 0 Å². The molecule has 1 aliphatic heterocycles. The monoisotopic (exact) mass is 275 g/mol. The molecular formula is C13H19ClFNO2. The third-order valence-electron chi connectivity index (χ3n) is 3.09. The molecule has 0 radical (unpaired) electrons. The van der Waals surface area contributed by atoms with Gasteiger partial charge in [-0.3, -0.25) is 0 Å². The first kappa shape index (κ1) is 15.4. The second-order valence-corrected chi connectivity index (χ2v) is 4.31. The third kappa shape index (κ3) is 3.92. The maximum atomic E-state index is 13.8. The fourth-order valence-electron chi connectivity index (χ4n) is 2.04. The molecular weight excluding hydrogens is 257 g/mol. The lowest BCUT2D eigenvalue weighted by molar-refractivity contribution is 0.0198. The van der Waals surface area contributed by atoms with Crippen molar-refractivity contribution in [2.45, 2.75) is 32.2 Å². The highest BCUT2D eigenvalue weighted by Crippen LogP contribution is 2.16. The van der Waals surface area contributed by atoms with E-state index in [2.05, 4.69) is 5.32 Å². The first-order valence-corrected chi connectivity index (χ1v) is 6.00. The van der Waals surface area contributed by atoms with Crippen LogP contribution in [0.15, 0.2) is 18.2 Å². The van der Waals surface area contributed by atoms with Crippen molar-refractivity contribution in [3.63, 3.8) is 0 Å². The highest BCUT2D eigenvalue weighted by Gasteiger charge is 2.14. The van der Waals surface area contributed by atoms with E-state index in [9.17, 15) is 4.39 Å². The molecule has 1 heterocycles. The minimum Gasteiger partial charge on any atom is -0.392 e. The van der Waals surface area contributed by atoms with Crippen LogP contribution in [0.4, 0.5) is 4.39 Å². The Labute approximate surface area is 113 Å². The molecule has 1 saturated heterocycles. The Morgan fingerprint density at radius 1 is 1.28 bits per heavy atom. The summed E-state index contributed by atoms with van der Waals surface area (Å²) in [6, 6.07) is 5.04. The predicted molar refractivity (Wildman–Crippen MR) is 70.3 cm³/mol.